The minimum absolute atomic E-state index is 0.457. The summed E-state index contributed by atoms with van der Waals surface area (Å²) >= 11 is 3.58. The van der Waals surface area contributed by atoms with E-state index in [-0.39, 0.29) is 0 Å². The molecular formula is C15H20BrNO3. The average Bonchev–Trinajstić information content (AvgIpc) is 2.72. The van der Waals surface area contributed by atoms with Gasteiger partial charge in [-0.15, -0.1) is 0 Å². The molecule has 0 bridgehead atoms. The second kappa shape index (κ2) is 6.78. The molecule has 1 atom stereocenters. The van der Waals surface area contributed by atoms with Crippen LogP contribution in [0.1, 0.15) is 24.8 Å². The summed E-state index contributed by atoms with van der Waals surface area (Å²) in [5.74, 6) is 1.67. The van der Waals surface area contributed by atoms with Crippen LogP contribution in [-0.4, -0.2) is 32.5 Å². The van der Waals surface area contributed by atoms with E-state index in [0.29, 0.717) is 19.3 Å². The van der Waals surface area contributed by atoms with Crippen LogP contribution in [0.5, 0.6) is 11.5 Å². The molecule has 1 saturated heterocycles. The van der Waals surface area contributed by atoms with Gasteiger partial charge in [0.15, 0.2) is 11.5 Å². The van der Waals surface area contributed by atoms with Crippen molar-refractivity contribution in [3.63, 3.8) is 0 Å². The molecule has 0 aromatic heterocycles. The van der Waals surface area contributed by atoms with Crippen LogP contribution >= 0.6 is 15.9 Å². The molecular weight excluding hydrogens is 322 g/mol. The van der Waals surface area contributed by atoms with E-state index >= 15 is 0 Å². The maximum Gasteiger partial charge on any atom is 0.175 e. The lowest BCUT2D eigenvalue weighted by Crippen LogP contribution is -2.36. The lowest BCUT2D eigenvalue weighted by molar-refractivity contribution is 0.0699. The van der Waals surface area contributed by atoms with Crippen LogP contribution in [0.3, 0.4) is 0 Å². The Kier molecular flexibility index (Phi) is 4.81. The van der Waals surface area contributed by atoms with Gasteiger partial charge in [0, 0.05) is 25.6 Å². The summed E-state index contributed by atoms with van der Waals surface area (Å²) in [5, 5.41) is 3.55. The minimum atomic E-state index is 0.457. The van der Waals surface area contributed by atoms with Crippen LogP contribution in [-0.2, 0) is 11.3 Å². The number of benzene rings is 1. The molecule has 20 heavy (non-hydrogen) atoms. The molecule has 1 fully saturated rings. The van der Waals surface area contributed by atoms with Crippen LogP contribution < -0.4 is 14.8 Å². The van der Waals surface area contributed by atoms with Crippen LogP contribution in [0.15, 0.2) is 16.6 Å². The summed E-state index contributed by atoms with van der Waals surface area (Å²) in [6.45, 7) is 3.96. The SMILES string of the molecule is Brc1cc(CNC2CCCOC2)cc2c1OCCCO2. The second-order valence-corrected chi connectivity index (χ2v) is 6.10. The second-order valence-electron chi connectivity index (χ2n) is 5.25. The fourth-order valence-corrected chi connectivity index (χ4v) is 3.15. The molecule has 3 rings (SSSR count). The van der Waals surface area contributed by atoms with Crippen molar-refractivity contribution < 1.29 is 14.2 Å². The molecule has 1 unspecified atom stereocenters. The Labute approximate surface area is 127 Å². The van der Waals surface area contributed by atoms with E-state index in [1.165, 1.54) is 12.0 Å². The fraction of sp³-hybridized carbons (Fsp3) is 0.600. The topological polar surface area (TPSA) is 39.7 Å². The van der Waals surface area contributed by atoms with Gasteiger partial charge in [-0.3, -0.25) is 0 Å². The van der Waals surface area contributed by atoms with Crippen LogP contribution in [0, 0.1) is 0 Å². The number of hydrogen-bond donors (Lipinski definition) is 1. The minimum Gasteiger partial charge on any atom is -0.490 e. The molecule has 2 heterocycles. The first-order valence-corrected chi connectivity index (χ1v) is 8.01. The lowest BCUT2D eigenvalue weighted by atomic mass is 10.1. The molecule has 110 valence electrons. The summed E-state index contributed by atoms with van der Waals surface area (Å²) in [4.78, 5) is 0. The highest BCUT2D eigenvalue weighted by Gasteiger charge is 2.17. The smallest absolute Gasteiger partial charge is 0.175 e. The highest BCUT2D eigenvalue weighted by atomic mass is 79.9. The van der Waals surface area contributed by atoms with E-state index in [1.807, 2.05) is 0 Å². The number of nitrogens with one attached hydrogen (secondary N) is 1. The summed E-state index contributed by atoms with van der Waals surface area (Å²) in [5.41, 5.74) is 1.20. The highest BCUT2D eigenvalue weighted by Crippen LogP contribution is 2.38. The van der Waals surface area contributed by atoms with Crippen LogP contribution in [0.2, 0.25) is 0 Å². The maximum atomic E-state index is 5.75. The summed E-state index contributed by atoms with van der Waals surface area (Å²) in [7, 11) is 0. The van der Waals surface area contributed by atoms with Gasteiger partial charge in [-0.2, -0.15) is 0 Å². The zero-order valence-corrected chi connectivity index (χ0v) is 13.1. The zero-order valence-electron chi connectivity index (χ0n) is 11.5. The third kappa shape index (κ3) is 3.45. The van der Waals surface area contributed by atoms with Gasteiger partial charge in [-0.25, -0.2) is 0 Å². The largest absolute Gasteiger partial charge is 0.490 e. The standard InChI is InChI=1S/C15H20BrNO3/c16-13-7-11(9-17-12-3-1-4-18-10-12)8-14-15(13)20-6-2-5-19-14/h7-8,12,17H,1-6,9-10H2. The summed E-state index contributed by atoms with van der Waals surface area (Å²) in [6.07, 6.45) is 3.25. The number of hydrogen-bond acceptors (Lipinski definition) is 4. The predicted octanol–water partition coefficient (Wildman–Crippen LogP) is 2.88. The van der Waals surface area contributed by atoms with Crippen molar-refractivity contribution in [2.24, 2.45) is 0 Å². The first-order chi connectivity index (χ1) is 9.83. The Bertz CT molecular complexity index is 461. The molecule has 1 aromatic rings. The van der Waals surface area contributed by atoms with E-state index in [9.17, 15) is 0 Å². The molecule has 0 aliphatic carbocycles. The number of fused-ring (bicyclic) bond motifs is 1. The van der Waals surface area contributed by atoms with Gasteiger partial charge in [0.2, 0.25) is 0 Å². The van der Waals surface area contributed by atoms with Gasteiger partial charge in [0.25, 0.3) is 0 Å². The van der Waals surface area contributed by atoms with Gasteiger partial charge in [-0.05, 0) is 46.5 Å². The van der Waals surface area contributed by atoms with Crippen molar-refractivity contribution in [3.8, 4) is 11.5 Å². The summed E-state index contributed by atoms with van der Waals surface area (Å²) in [6, 6.07) is 4.63. The Balaban J connectivity index is 1.67. The van der Waals surface area contributed by atoms with Gasteiger partial charge in [0.1, 0.15) is 0 Å². The molecule has 0 radical (unpaired) electrons. The van der Waals surface area contributed by atoms with Gasteiger partial charge >= 0.3 is 0 Å². The Morgan fingerprint density at radius 2 is 2.05 bits per heavy atom. The monoisotopic (exact) mass is 341 g/mol. The van der Waals surface area contributed by atoms with Crippen molar-refractivity contribution in [1.82, 2.24) is 5.32 Å². The fourth-order valence-electron chi connectivity index (χ4n) is 2.55. The van der Waals surface area contributed by atoms with Gasteiger partial charge in [0.05, 0.1) is 24.3 Å². The predicted molar refractivity (Wildman–Crippen MR) is 80.4 cm³/mol. The average molecular weight is 342 g/mol. The zero-order chi connectivity index (χ0) is 13.8. The molecule has 0 amide bonds. The molecule has 2 aliphatic rings. The Hall–Kier alpha value is -0.780. The first-order valence-electron chi connectivity index (χ1n) is 7.22. The maximum absolute atomic E-state index is 5.75. The van der Waals surface area contributed by atoms with E-state index in [0.717, 1.165) is 48.6 Å². The van der Waals surface area contributed by atoms with E-state index < -0.39 is 0 Å². The molecule has 0 saturated carbocycles. The number of rotatable bonds is 3. The van der Waals surface area contributed by atoms with Crippen molar-refractivity contribution >= 4 is 15.9 Å². The third-order valence-electron chi connectivity index (χ3n) is 3.62. The Morgan fingerprint density at radius 3 is 2.90 bits per heavy atom. The lowest BCUT2D eigenvalue weighted by Gasteiger charge is -2.23. The van der Waals surface area contributed by atoms with E-state index in [4.69, 9.17) is 14.2 Å². The van der Waals surface area contributed by atoms with Crippen LogP contribution in [0.4, 0.5) is 0 Å². The van der Waals surface area contributed by atoms with Crippen molar-refractivity contribution in [2.75, 3.05) is 26.4 Å². The molecule has 1 N–H and O–H groups in total. The Morgan fingerprint density at radius 1 is 1.15 bits per heavy atom. The van der Waals surface area contributed by atoms with Gasteiger partial charge in [-0.1, -0.05) is 0 Å². The first kappa shape index (κ1) is 14.2. The molecule has 0 spiro atoms. The molecule has 4 nitrogen and oxygen atoms in total. The molecule has 2 aliphatic heterocycles. The van der Waals surface area contributed by atoms with E-state index in [1.54, 1.807) is 0 Å². The quantitative estimate of drug-likeness (QED) is 0.917. The van der Waals surface area contributed by atoms with E-state index in [2.05, 4.69) is 33.4 Å². The van der Waals surface area contributed by atoms with Crippen molar-refractivity contribution in [3.05, 3.63) is 22.2 Å². The molecule has 5 heteroatoms. The summed E-state index contributed by atoms with van der Waals surface area (Å²) < 4.78 is 17.9. The highest BCUT2D eigenvalue weighted by molar-refractivity contribution is 9.10. The van der Waals surface area contributed by atoms with Gasteiger partial charge < -0.3 is 19.5 Å². The van der Waals surface area contributed by atoms with Crippen molar-refractivity contribution in [1.29, 1.82) is 0 Å². The number of ether oxygens (including phenoxy) is 3. The normalized spacial score (nSPS) is 22.4. The van der Waals surface area contributed by atoms with Crippen LogP contribution in [0.25, 0.3) is 0 Å². The molecule has 1 aromatic carbocycles. The van der Waals surface area contributed by atoms with Crippen molar-refractivity contribution in [2.45, 2.75) is 31.8 Å². The number of halogens is 1. The third-order valence-corrected chi connectivity index (χ3v) is 4.21.